The van der Waals surface area contributed by atoms with Crippen molar-refractivity contribution in [3.63, 3.8) is 0 Å². The molecule has 0 bridgehead atoms. The van der Waals surface area contributed by atoms with Gasteiger partial charge in [-0.25, -0.2) is 9.07 Å². The molecule has 1 aromatic carbocycles. The summed E-state index contributed by atoms with van der Waals surface area (Å²) in [5, 5.41) is 4.50. The van der Waals surface area contributed by atoms with Crippen LogP contribution in [0.4, 0.5) is 4.39 Å². The Labute approximate surface area is 178 Å². The van der Waals surface area contributed by atoms with E-state index in [1.54, 1.807) is 24.1 Å². The van der Waals surface area contributed by atoms with Crippen LogP contribution in [-0.4, -0.2) is 51.0 Å². The number of piperidine rings is 1. The summed E-state index contributed by atoms with van der Waals surface area (Å²) in [6.07, 6.45) is 2.56. The Bertz CT molecular complexity index is 1140. The number of aromatic nitrogens is 3. The third-order valence-corrected chi connectivity index (χ3v) is 6.91. The number of hydrogen-bond donors (Lipinski definition) is 0. The van der Waals surface area contributed by atoms with Crippen LogP contribution in [0, 0.1) is 5.41 Å². The molecule has 31 heavy (non-hydrogen) atoms. The second kappa shape index (κ2) is 7.03. The van der Waals surface area contributed by atoms with Gasteiger partial charge in [-0.1, -0.05) is 12.1 Å². The first kappa shape index (κ1) is 20.0. The van der Waals surface area contributed by atoms with Gasteiger partial charge in [0.25, 0.3) is 5.91 Å². The van der Waals surface area contributed by atoms with Crippen LogP contribution in [0.25, 0.3) is 0 Å². The maximum atomic E-state index is 14.1. The van der Waals surface area contributed by atoms with Crippen LogP contribution in [0.15, 0.2) is 33.9 Å². The molecule has 1 saturated heterocycles. The fraction of sp³-hybridized carbons (Fsp3) is 0.545. The molecule has 1 saturated carbocycles. The van der Waals surface area contributed by atoms with Gasteiger partial charge in [-0.3, -0.25) is 19.0 Å². The number of alkyl halides is 1. The van der Waals surface area contributed by atoms with Crippen LogP contribution < -0.4 is 15.9 Å². The van der Waals surface area contributed by atoms with Crippen molar-refractivity contribution in [3.8, 4) is 5.75 Å². The van der Waals surface area contributed by atoms with Gasteiger partial charge in [0.05, 0.1) is 13.7 Å². The minimum Gasteiger partial charge on any atom is -0.497 e. The lowest BCUT2D eigenvalue weighted by atomic mass is 9.77. The zero-order chi connectivity index (χ0) is 21.8. The number of fused-ring (bicyclic) bond motifs is 1. The number of hydrogen-bond acceptors (Lipinski definition) is 5. The zero-order valence-electron chi connectivity index (χ0n) is 17.5. The van der Waals surface area contributed by atoms with Gasteiger partial charge < -0.3 is 9.64 Å². The number of carbonyl (C=O) groups excluding carboxylic acids is 1. The van der Waals surface area contributed by atoms with Crippen molar-refractivity contribution < 1.29 is 13.9 Å². The monoisotopic (exact) mass is 428 g/mol. The maximum absolute atomic E-state index is 14.1. The van der Waals surface area contributed by atoms with Crippen LogP contribution in [0.1, 0.15) is 37.1 Å². The highest BCUT2D eigenvalue weighted by Gasteiger charge is 2.54. The minimum absolute atomic E-state index is 0.208. The Morgan fingerprint density at radius 3 is 2.39 bits per heavy atom. The number of methoxy groups -OCH3 is 1. The fourth-order valence-electron chi connectivity index (χ4n) is 4.74. The lowest BCUT2D eigenvalue weighted by Crippen LogP contribution is -2.47. The average molecular weight is 428 g/mol. The Hall–Kier alpha value is -2.97. The number of carbonyl (C=O) groups is 1. The molecule has 1 amide bonds. The Morgan fingerprint density at radius 1 is 1.10 bits per heavy atom. The molecule has 2 fully saturated rings. The number of rotatable bonds is 4. The molecule has 2 aliphatic heterocycles. The van der Waals surface area contributed by atoms with E-state index in [4.69, 9.17) is 4.74 Å². The van der Waals surface area contributed by atoms with Crippen molar-refractivity contribution in [2.45, 2.75) is 50.9 Å². The van der Waals surface area contributed by atoms with Crippen molar-refractivity contribution in [2.75, 3.05) is 20.2 Å². The Balaban J connectivity index is 1.34. The largest absolute Gasteiger partial charge is 0.497 e. The van der Waals surface area contributed by atoms with Crippen LogP contribution in [0.5, 0.6) is 5.75 Å². The van der Waals surface area contributed by atoms with Gasteiger partial charge in [-0.15, -0.1) is 0 Å². The molecule has 9 heteroatoms. The van der Waals surface area contributed by atoms with Gasteiger partial charge in [0.2, 0.25) is 0 Å². The van der Waals surface area contributed by atoms with Gasteiger partial charge in [-0.05, 0) is 48.8 Å². The van der Waals surface area contributed by atoms with E-state index in [-0.39, 0.29) is 12.0 Å². The maximum Gasteiger partial charge on any atom is 0.332 e. The number of amides is 1. The van der Waals surface area contributed by atoms with Gasteiger partial charge in [0, 0.05) is 26.1 Å². The van der Waals surface area contributed by atoms with E-state index in [0.717, 1.165) is 5.56 Å². The first-order valence-electron chi connectivity index (χ1n) is 10.6. The van der Waals surface area contributed by atoms with Crippen molar-refractivity contribution in [1.29, 1.82) is 0 Å². The molecule has 0 atom stereocenters. The summed E-state index contributed by atoms with van der Waals surface area (Å²) in [4.78, 5) is 39.3. The summed E-state index contributed by atoms with van der Waals surface area (Å²) < 4.78 is 22.0. The molecule has 0 radical (unpaired) electrons. The molecule has 1 spiro atoms. The second-order valence-electron chi connectivity index (χ2n) is 9.05. The molecule has 164 valence electrons. The van der Waals surface area contributed by atoms with Crippen LogP contribution in [0.2, 0.25) is 0 Å². The van der Waals surface area contributed by atoms with E-state index in [2.05, 4.69) is 5.10 Å². The topological polar surface area (TPSA) is 86.4 Å². The van der Waals surface area contributed by atoms with Crippen molar-refractivity contribution >= 4 is 5.91 Å². The SMILES string of the molecule is COc1ccc(Cn2nc3n(c(=O)c2=O)CC2(CCN(C(=O)C4(F)CC4)CC2)C3)cc1. The van der Waals surface area contributed by atoms with Crippen LogP contribution >= 0.6 is 0 Å². The standard InChI is InChI=1S/C22H25FN4O4/c1-31-16-4-2-15(3-5-16)13-27-19(29)18(28)26-14-21(12-17(26)24-27)8-10-25(11-9-21)20(30)22(23)6-7-22/h2-5H,6-14H2,1H3. The summed E-state index contributed by atoms with van der Waals surface area (Å²) in [6.45, 7) is 1.59. The molecule has 2 aromatic rings. The predicted molar refractivity (Wildman–Crippen MR) is 110 cm³/mol. The molecular weight excluding hydrogens is 403 g/mol. The normalized spacial score (nSPS) is 20.5. The van der Waals surface area contributed by atoms with Crippen molar-refractivity contribution in [2.24, 2.45) is 5.41 Å². The lowest BCUT2D eigenvalue weighted by Gasteiger charge is -2.39. The number of nitrogens with zero attached hydrogens (tertiary/aromatic N) is 4. The average Bonchev–Trinajstić information content (AvgIpc) is 3.44. The molecule has 8 nitrogen and oxygen atoms in total. The highest BCUT2D eigenvalue weighted by atomic mass is 19.1. The van der Waals surface area contributed by atoms with E-state index < -0.39 is 22.7 Å². The van der Waals surface area contributed by atoms with E-state index in [1.807, 2.05) is 12.1 Å². The summed E-state index contributed by atoms with van der Waals surface area (Å²) >= 11 is 0. The summed E-state index contributed by atoms with van der Waals surface area (Å²) in [7, 11) is 1.58. The van der Waals surface area contributed by atoms with Crippen molar-refractivity contribution in [1.82, 2.24) is 19.2 Å². The first-order chi connectivity index (χ1) is 14.8. The van der Waals surface area contributed by atoms with Gasteiger partial charge in [0.1, 0.15) is 11.6 Å². The molecular formula is C22H25FN4O4. The molecule has 1 aromatic heterocycles. The van der Waals surface area contributed by atoms with E-state index >= 15 is 0 Å². The third kappa shape index (κ3) is 3.45. The quantitative estimate of drug-likeness (QED) is 0.682. The Morgan fingerprint density at radius 2 is 1.77 bits per heavy atom. The highest BCUT2D eigenvalue weighted by Crippen LogP contribution is 2.44. The van der Waals surface area contributed by atoms with E-state index in [0.29, 0.717) is 63.3 Å². The second-order valence-corrected chi connectivity index (χ2v) is 9.05. The highest BCUT2D eigenvalue weighted by molar-refractivity contribution is 5.88. The van der Waals surface area contributed by atoms with Gasteiger partial charge in [-0.2, -0.15) is 5.10 Å². The van der Waals surface area contributed by atoms with Crippen molar-refractivity contribution in [3.05, 3.63) is 56.4 Å². The molecule has 3 aliphatic rings. The number of likely N-dealkylation sites (tertiary alicyclic amines) is 1. The first-order valence-corrected chi connectivity index (χ1v) is 10.6. The number of ether oxygens (including phenoxy) is 1. The number of benzene rings is 1. The summed E-state index contributed by atoms with van der Waals surface area (Å²) in [6, 6.07) is 7.27. The molecule has 1 aliphatic carbocycles. The number of halogens is 1. The van der Waals surface area contributed by atoms with Crippen LogP contribution in [-0.2, 0) is 24.3 Å². The fourth-order valence-corrected chi connectivity index (χ4v) is 4.74. The zero-order valence-corrected chi connectivity index (χ0v) is 17.5. The third-order valence-electron chi connectivity index (χ3n) is 6.91. The van der Waals surface area contributed by atoms with Crippen LogP contribution in [0.3, 0.4) is 0 Å². The molecule has 3 heterocycles. The predicted octanol–water partition coefficient (Wildman–Crippen LogP) is 1.13. The Kier molecular flexibility index (Phi) is 4.53. The summed E-state index contributed by atoms with van der Waals surface area (Å²) in [5.41, 5.74) is -2.22. The molecule has 0 unspecified atom stereocenters. The smallest absolute Gasteiger partial charge is 0.332 e. The van der Waals surface area contributed by atoms with Gasteiger partial charge in [0.15, 0.2) is 5.67 Å². The molecule has 0 N–H and O–H groups in total. The summed E-state index contributed by atoms with van der Waals surface area (Å²) in [5.74, 6) is 0.916. The lowest BCUT2D eigenvalue weighted by molar-refractivity contribution is -0.140. The van der Waals surface area contributed by atoms with E-state index in [9.17, 15) is 18.8 Å². The van der Waals surface area contributed by atoms with E-state index in [1.165, 1.54) is 9.25 Å². The van der Waals surface area contributed by atoms with Gasteiger partial charge >= 0.3 is 11.1 Å². The molecule has 5 rings (SSSR count). The minimum atomic E-state index is -1.65.